The number of allylic oxidation sites excluding steroid dienone is 1. The van der Waals surface area contributed by atoms with E-state index in [1.165, 1.54) is 57.8 Å². The van der Waals surface area contributed by atoms with Crippen LogP contribution >= 0.6 is 0 Å². The van der Waals surface area contributed by atoms with Gasteiger partial charge in [0.2, 0.25) is 0 Å². The summed E-state index contributed by atoms with van der Waals surface area (Å²) >= 11 is 0. The Morgan fingerprint density at radius 3 is 0.762 bits per heavy atom. The predicted octanol–water partition coefficient (Wildman–Crippen LogP) is 9.20. The van der Waals surface area contributed by atoms with E-state index in [2.05, 4.69) is 68.9 Å². The fourth-order valence-electron chi connectivity index (χ4n) is 0.500. The molecule has 0 fully saturated rings. The highest BCUT2D eigenvalue weighted by Crippen LogP contribution is 1.95. The van der Waals surface area contributed by atoms with E-state index in [0.29, 0.717) is 0 Å². The molecule has 21 heavy (non-hydrogen) atoms. The number of hydrogen-bond acceptors (Lipinski definition) is 0. The molecule has 0 N–H and O–H groups in total. The Balaban J connectivity index is -0.0000000519. The summed E-state index contributed by atoms with van der Waals surface area (Å²) < 4.78 is 0. The zero-order chi connectivity index (χ0) is 17.8. The zero-order valence-electron chi connectivity index (χ0n) is 17.4. The van der Waals surface area contributed by atoms with Gasteiger partial charge in [0.1, 0.15) is 0 Å². The van der Waals surface area contributed by atoms with Gasteiger partial charge in [0.15, 0.2) is 0 Å². The molecule has 0 nitrogen and oxygen atoms in total. The third kappa shape index (κ3) is 189. The molecule has 0 amide bonds. The van der Waals surface area contributed by atoms with Crippen LogP contribution in [0.15, 0.2) is 12.7 Å². The van der Waals surface area contributed by atoms with Crippen LogP contribution in [0.1, 0.15) is 127 Å². The first kappa shape index (κ1) is 32.6. The van der Waals surface area contributed by atoms with Crippen molar-refractivity contribution >= 4 is 0 Å². The van der Waals surface area contributed by atoms with E-state index < -0.39 is 0 Å². The zero-order valence-corrected chi connectivity index (χ0v) is 17.4. The molecule has 134 valence electrons. The molecule has 0 heterocycles. The van der Waals surface area contributed by atoms with E-state index in [1.807, 2.05) is 6.08 Å². The lowest BCUT2D eigenvalue weighted by atomic mass is 10.2. The maximum atomic E-state index is 3.48. The lowest BCUT2D eigenvalue weighted by molar-refractivity contribution is 0.702. The average molecular weight is 303 g/mol. The van der Waals surface area contributed by atoms with Gasteiger partial charge in [0, 0.05) is 0 Å². The summed E-state index contributed by atoms with van der Waals surface area (Å²) in [4.78, 5) is 0. The number of unbranched alkanes of at least 4 members (excludes halogenated alkanes) is 5. The van der Waals surface area contributed by atoms with Crippen LogP contribution in [0.2, 0.25) is 0 Å². The second kappa shape index (κ2) is 60.1. The predicted molar refractivity (Wildman–Crippen MR) is 107 cm³/mol. The van der Waals surface area contributed by atoms with Crippen LogP contribution in [0, 0.1) is 0 Å². The van der Waals surface area contributed by atoms with Crippen molar-refractivity contribution in [1.82, 2.24) is 0 Å². The quantitative estimate of drug-likeness (QED) is 0.339. The molecule has 0 saturated heterocycles. The van der Waals surface area contributed by atoms with Gasteiger partial charge in [0.05, 0.1) is 0 Å². The van der Waals surface area contributed by atoms with Crippen LogP contribution in [0.5, 0.6) is 0 Å². The second-order valence-corrected chi connectivity index (χ2v) is 5.11. The molecular formula is C21H50. The molecule has 0 bridgehead atoms. The van der Waals surface area contributed by atoms with Crippen molar-refractivity contribution in [2.45, 2.75) is 127 Å². The first-order valence-corrected chi connectivity index (χ1v) is 9.68. The van der Waals surface area contributed by atoms with Crippen molar-refractivity contribution < 1.29 is 0 Å². The van der Waals surface area contributed by atoms with Crippen molar-refractivity contribution in [2.75, 3.05) is 0 Å². The van der Waals surface area contributed by atoms with Gasteiger partial charge >= 0.3 is 0 Å². The largest absolute Gasteiger partial charge is 0.103 e. The van der Waals surface area contributed by atoms with Gasteiger partial charge in [-0.05, 0) is 6.42 Å². The molecule has 0 aromatic rings. The van der Waals surface area contributed by atoms with E-state index in [-0.39, 0.29) is 0 Å². The van der Waals surface area contributed by atoms with Crippen LogP contribution in [0.25, 0.3) is 0 Å². The minimum Gasteiger partial charge on any atom is -0.103 e. The van der Waals surface area contributed by atoms with Crippen molar-refractivity contribution in [1.29, 1.82) is 0 Å². The summed E-state index contributed by atoms with van der Waals surface area (Å²) in [5.41, 5.74) is 0. The molecule has 0 unspecified atom stereocenters. The third-order valence-electron chi connectivity index (χ3n) is 2.25. The molecule has 0 atom stereocenters. The van der Waals surface area contributed by atoms with Gasteiger partial charge in [-0.2, -0.15) is 0 Å². The van der Waals surface area contributed by atoms with E-state index in [1.54, 1.807) is 0 Å². The minimum atomic E-state index is 1.08. The average Bonchev–Trinajstić information content (AvgIpc) is 2.54. The van der Waals surface area contributed by atoms with Gasteiger partial charge in [0.25, 0.3) is 0 Å². The maximum absolute atomic E-state index is 3.48. The SMILES string of the molecule is C=CCC.CCC.CCCC.CCCC.CCCCCC. The first-order chi connectivity index (χ1) is 10.1. The molecule has 0 aliphatic rings. The smallest absolute Gasteiger partial charge is 0.0382 e. The summed E-state index contributed by atoms with van der Waals surface area (Å²) in [7, 11) is 0. The molecule has 0 spiro atoms. The molecule has 0 aromatic heterocycles. The van der Waals surface area contributed by atoms with Gasteiger partial charge in [-0.25, -0.2) is 0 Å². The highest BCUT2D eigenvalue weighted by molar-refractivity contribution is 4.60. The number of hydrogen-bond donors (Lipinski definition) is 0. The second-order valence-electron chi connectivity index (χ2n) is 5.11. The minimum absolute atomic E-state index is 1.08. The van der Waals surface area contributed by atoms with Gasteiger partial charge in [-0.15, -0.1) is 6.58 Å². The van der Waals surface area contributed by atoms with Crippen molar-refractivity contribution in [2.24, 2.45) is 0 Å². The highest BCUT2D eigenvalue weighted by Gasteiger charge is 1.75. The molecule has 0 saturated carbocycles. The Labute approximate surface area is 139 Å². The topological polar surface area (TPSA) is 0 Å². The fraction of sp³-hybridized carbons (Fsp3) is 0.905. The Hall–Kier alpha value is -0.260. The summed E-state index contributed by atoms with van der Waals surface area (Å²) in [6.07, 6.45) is 15.0. The standard InChI is InChI=1S/C6H14.2C4H10.C4H8.C3H8/c1-3-5-6-4-2;3*1-3-4-2;1-3-2/h3-6H2,1-2H3;2*3-4H2,1-2H3;3H,1,4H2,2H3;3H2,1-2H3. The van der Waals surface area contributed by atoms with Crippen molar-refractivity contribution in [3.63, 3.8) is 0 Å². The molecule has 0 aliphatic carbocycles. The Kier molecular flexibility index (Phi) is 93.4. The van der Waals surface area contributed by atoms with E-state index in [0.717, 1.165) is 6.42 Å². The lowest BCUT2D eigenvalue weighted by Crippen LogP contribution is -1.66. The fourth-order valence-corrected chi connectivity index (χ4v) is 0.500. The summed E-state index contributed by atoms with van der Waals surface area (Å²) in [5, 5.41) is 0. The monoisotopic (exact) mass is 302 g/mol. The molecule has 0 rings (SSSR count). The van der Waals surface area contributed by atoms with Crippen LogP contribution in [0.4, 0.5) is 0 Å². The van der Waals surface area contributed by atoms with Crippen LogP contribution < -0.4 is 0 Å². The van der Waals surface area contributed by atoms with Crippen molar-refractivity contribution in [3.05, 3.63) is 12.7 Å². The third-order valence-corrected chi connectivity index (χ3v) is 2.25. The molecule has 0 aliphatic heterocycles. The van der Waals surface area contributed by atoms with E-state index >= 15 is 0 Å². The van der Waals surface area contributed by atoms with Crippen LogP contribution in [-0.2, 0) is 0 Å². The number of rotatable bonds is 6. The van der Waals surface area contributed by atoms with Gasteiger partial charge < -0.3 is 0 Å². The molecule has 0 radical (unpaired) electrons. The highest BCUT2D eigenvalue weighted by atomic mass is 13.8. The summed E-state index contributed by atoms with van der Waals surface area (Å²) in [6.45, 7) is 23.0. The molecule has 0 aromatic carbocycles. The summed E-state index contributed by atoms with van der Waals surface area (Å²) in [5.74, 6) is 0. The molecular weight excluding hydrogens is 252 g/mol. The van der Waals surface area contributed by atoms with E-state index in [4.69, 9.17) is 0 Å². The molecule has 0 heteroatoms. The summed E-state index contributed by atoms with van der Waals surface area (Å²) in [6, 6.07) is 0. The van der Waals surface area contributed by atoms with Crippen LogP contribution in [-0.4, -0.2) is 0 Å². The van der Waals surface area contributed by atoms with E-state index in [9.17, 15) is 0 Å². The normalized spacial score (nSPS) is 7.48. The van der Waals surface area contributed by atoms with Crippen LogP contribution in [0.3, 0.4) is 0 Å². The van der Waals surface area contributed by atoms with Gasteiger partial charge in [-0.3, -0.25) is 0 Å². The Morgan fingerprint density at radius 1 is 0.524 bits per heavy atom. The first-order valence-electron chi connectivity index (χ1n) is 9.68. The maximum Gasteiger partial charge on any atom is -0.0382 e. The van der Waals surface area contributed by atoms with Gasteiger partial charge in [-0.1, -0.05) is 126 Å². The Morgan fingerprint density at radius 2 is 0.714 bits per heavy atom. The van der Waals surface area contributed by atoms with Crippen molar-refractivity contribution in [3.8, 4) is 0 Å². The lowest BCUT2D eigenvalue weighted by Gasteiger charge is -1.86. The Bertz CT molecular complexity index is 82.2.